The van der Waals surface area contributed by atoms with Gasteiger partial charge in [-0.15, -0.1) is 0 Å². The van der Waals surface area contributed by atoms with Crippen LogP contribution in [0.3, 0.4) is 0 Å². The SMILES string of the molecule is CCOC(CN)CN(C)CC1CCCO1. The first-order chi connectivity index (χ1) is 7.26. The van der Waals surface area contributed by atoms with Crippen molar-refractivity contribution in [2.75, 3.05) is 39.9 Å². The van der Waals surface area contributed by atoms with Crippen LogP contribution in [-0.4, -0.2) is 57.0 Å². The molecule has 0 radical (unpaired) electrons. The van der Waals surface area contributed by atoms with Gasteiger partial charge in [-0.1, -0.05) is 0 Å². The van der Waals surface area contributed by atoms with Gasteiger partial charge in [0.15, 0.2) is 0 Å². The summed E-state index contributed by atoms with van der Waals surface area (Å²) in [5.41, 5.74) is 5.63. The van der Waals surface area contributed by atoms with Crippen LogP contribution in [0, 0.1) is 0 Å². The number of likely N-dealkylation sites (N-methyl/N-ethyl adjacent to an activating group) is 1. The van der Waals surface area contributed by atoms with E-state index in [1.54, 1.807) is 0 Å². The van der Waals surface area contributed by atoms with E-state index in [4.69, 9.17) is 15.2 Å². The van der Waals surface area contributed by atoms with Crippen molar-refractivity contribution < 1.29 is 9.47 Å². The predicted molar refractivity (Wildman–Crippen MR) is 60.9 cm³/mol. The zero-order chi connectivity index (χ0) is 11.1. The Bertz CT molecular complexity index is 161. The number of ether oxygens (including phenoxy) is 2. The summed E-state index contributed by atoms with van der Waals surface area (Å²) in [7, 11) is 2.10. The quantitative estimate of drug-likeness (QED) is 0.671. The molecule has 1 rings (SSSR count). The van der Waals surface area contributed by atoms with Crippen LogP contribution in [0.15, 0.2) is 0 Å². The fourth-order valence-electron chi connectivity index (χ4n) is 1.99. The van der Waals surface area contributed by atoms with Crippen LogP contribution < -0.4 is 5.73 Å². The number of hydrogen-bond donors (Lipinski definition) is 1. The average Bonchev–Trinajstić information content (AvgIpc) is 2.69. The maximum atomic E-state index is 5.63. The van der Waals surface area contributed by atoms with Crippen LogP contribution in [0.4, 0.5) is 0 Å². The Morgan fingerprint density at radius 2 is 2.40 bits per heavy atom. The highest BCUT2D eigenvalue weighted by Crippen LogP contribution is 2.12. The standard InChI is InChI=1S/C11H24N2O2/c1-3-14-11(7-12)9-13(2)8-10-5-4-6-15-10/h10-11H,3-9,12H2,1-2H3. The number of rotatable bonds is 7. The molecule has 2 N–H and O–H groups in total. The van der Waals surface area contributed by atoms with Gasteiger partial charge >= 0.3 is 0 Å². The number of nitrogens with zero attached hydrogens (tertiary/aromatic N) is 1. The number of nitrogens with two attached hydrogens (primary N) is 1. The molecule has 15 heavy (non-hydrogen) atoms. The van der Waals surface area contributed by atoms with E-state index in [0.29, 0.717) is 12.6 Å². The van der Waals surface area contributed by atoms with Crippen LogP contribution in [0.1, 0.15) is 19.8 Å². The molecule has 0 spiro atoms. The molecule has 1 aliphatic rings. The highest BCUT2D eigenvalue weighted by molar-refractivity contribution is 4.71. The van der Waals surface area contributed by atoms with Crippen LogP contribution in [0.5, 0.6) is 0 Å². The smallest absolute Gasteiger partial charge is 0.0823 e. The Hall–Kier alpha value is -0.160. The molecule has 1 fully saturated rings. The van der Waals surface area contributed by atoms with Gasteiger partial charge in [0, 0.05) is 32.8 Å². The molecular weight excluding hydrogens is 192 g/mol. The van der Waals surface area contributed by atoms with Gasteiger partial charge in [0.25, 0.3) is 0 Å². The van der Waals surface area contributed by atoms with Gasteiger partial charge in [-0.05, 0) is 26.8 Å². The van der Waals surface area contributed by atoms with Crippen LogP contribution in [0.2, 0.25) is 0 Å². The third-order valence-corrected chi connectivity index (χ3v) is 2.72. The van der Waals surface area contributed by atoms with Crippen molar-refractivity contribution in [3.63, 3.8) is 0 Å². The molecule has 0 aromatic rings. The van der Waals surface area contributed by atoms with Crippen LogP contribution >= 0.6 is 0 Å². The van der Waals surface area contributed by atoms with Gasteiger partial charge in [0.05, 0.1) is 12.2 Å². The van der Waals surface area contributed by atoms with Crippen molar-refractivity contribution in [1.29, 1.82) is 0 Å². The molecule has 2 unspecified atom stereocenters. The molecule has 1 aliphatic heterocycles. The number of hydrogen-bond acceptors (Lipinski definition) is 4. The fourth-order valence-corrected chi connectivity index (χ4v) is 1.99. The van der Waals surface area contributed by atoms with E-state index < -0.39 is 0 Å². The highest BCUT2D eigenvalue weighted by Gasteiger charge is 2.18. The summed E-state index contributed by atoms with van der Waals surface area (Å²) in [6.07, 6.45) is 2.95. The summed E-state index contributed by atoms with van der Waals surface area (Å²) in [4.78, 5) is 2.25. The van der Waals surface area contributed by atoms with Gasteiger partial charge < -0.3 is 20.1 Å². The van der Waals surface area contributed by atoms with Crippen molar-refractivity contribution in [2.24, 2.45) is 5.73 Å². The van der Waals surface area contributed by atoms with Crippen molar-refractivity contribution in [3.05, 3.63) is 0 Å². The van der Waals surface area contributed by atoms with Crippen molar-refractivity contribution in [1.82, 2.24) is 4.90 Å². The Morgan fingerprint density at radius 1 is 1.60 bits per heavy atom. The minimum absolute atomic E-state index is 0.154. The molecule has 2 atom stereocenters. The van der Waals surface area contributed by atoms with Gasteiger partial charge in [0.1, 0.15) is 0 Å². The Kier molecular flexibility index (Phi) is 6.17. The van der Waals surface area contributed by atoms with Crippen molar-refractivity contribution in [3.8, 4) is 0 Å². The molecule has 90 valence electrons. The lowest BCUT2D eigenvalue weighted by Gasteiger charge is -2.25. The average molecular weight is 216 g/mol. The van der Waals surface area contributed by atoms with Crippen LogP contribution in [0.25, 0.3) is 0 Å². The highest BCUT2D eigenvalue weighted by atomic mass is 16.5. The summed E-state index contributed by atoms with van der Waals surface area (Å²) >= 11 is 0. The molecule has 0 bridgehead atoms. The molecule has 1 saturated heterocycles. The van der Waals surface area contributed by atoms with E-state index >= 15 is 0 Å². The van der Waals surface area contributed by atoms with E-state index in [0.717, 1.165) is 26.3 Å². The molecule has 0 aromatic heterocycles. The summed E-state index contributed by atoms with van der Waals surface area (Å²) in [5.74, 6) is 0. The van der Waals surface area contributed by atoms with Crippen LogP contribution in [-0.2, 0) is 9.47 Å². The Morgan fingerprint density at radius 3 is 2.93 bits per heavy atom. The van der Waals surface area contributed by atoms with E-state index in [1.165, 1.54) is 12.8 Å². The lowest BCUT2D eigenvalue weighted by atomic mass is 10.2. The fraction of sp³-hybridized carbons (Fsp3) is 1.00. The third kappa shape index (κ3) is 4.93. The third-order valence-electron chi connectivity index (χ3n) is 2.72. The van der Waals surface area contributed by atoms with E-state index in [-0.39, 0.29) is 6.10 Å². The molecule has 0 saturated carbocycles. The summed E-state index contributed by atoms with van der Waals surface area (Å²) in [5, 5.41) is 0. The lowest BCUT2D eigenvalue weighted by molar-refractivity contribution is 0.0268. The second-order valence-corrected chi connectivity index (χ2v) is 4.17. The molecule has 1 heterocycles. The molecule has 4 heteroatoms. The summed E-state index contributed by atoms with van der Waals surface area (Å²) in [6.45, 7) is 6.13. The monoisotopic (exact) mass is 216 g/mol. The Labute approximate surface area is 92.7 Å². The predicted octanol–water partition coefficient (Wildman–Crippen LogP) is 0.461. The maximum absolute atomic E-state index is 5.63. The minimum atomic E-state index is 0.154. The molecule has 0 aromatic carbocycles. The summed E-state index contributed by atoms with van der Waals surface area (Å²) in [6, 6.07) is 0. The first-order valence-electron chi connectivity index (χ1n) is 5.88. The zero-order valence-corrected chi connectivity index (χ0v) is 9.95. The minimum Gasteiger partial charge on any atom is -0.377 e. The van der Waals surface area contributed by atoms with E-state index in [9.17, 15) is 0 Å². The van der Waals surface area contributed by atoms with Crippen molar-refractivity contribution in [2.45, 2.75) is 32.0 Å². The second-order valence-electron chi connectivity index (χ2n) is 4.17. The van der Waals surface area contributed by atoms with E-state index in [1.807, 2.05) is 6.92 Å². The normalized spacial score (nSPS) is 23.6. The summed E-state index contributed by atoms with van der Waals surface area (Å²) < 4.78 is 11.1. The van der Waals surface area contributed by atoms with Gasteiger partial charge in [0.2, 0.25) is 0 Å². The molecule has 0 aliphatic carbocycles. The van der Waals surface area contributed by atoms with Crippen molar-refractivity contribution >= 4 is 0 Å². The Balaban J connectivity index is 2.17. The van der Waals surface area contributed by atoms with Gasteiger partial charge in [-0.25, -0.2) is 0 Å². The van der Waals surface area contributed by atoms with Gasteiger partial charge in [-0.3, -0.25) is 0 Å². The molecule has 4 nitrogen and oxygen atoms in total. The molecule has 0 amide bonds. The lowest BCUT2D eigenvalue weighted by Crippen LogP contribution is -2.39. The van der Waals surface area contributed by atoms with Gasteiger partial charge in [-0.2, -0.15) is 0 Å². The topological polar surface area (TPSA) is 47.7 Å². The molecular formula is C11H24N2O2. The maximum Gasteiger partial charge on any atom is 0.0823 e. The zero-order valence-electron chi connectivity index (χ0n) is 9.95. The first kappa shape index (κ1) is 12.9. The largest absolute Gasteiger partial charge is 0.377 e. The second kappa shape index (κ2) is 7.17. The van der Waals surface area contributed by atoms with E-state index in [2.05, 4.69) is 11.9 Å². The first-order valence-corrected chi connectivity index (χ1v) is 5.88.